The molecule has 1 N–H and O–H groups in total. The van der Waals surface area contributed by atoms with E-state index in [0.29, 0.717) is 15.7 Å². The Morgan fingerprint density at radius 3 is 2.68 bits per heavy atom. The molecule has 0 aromatic heterocycles. The van der Waals surface area contributed by atoms with Gasteiger partial charge in [-0.05, 0) is 74.9 Å². The summed E-state index contributed by atoms with van der Waals surface area (Å²) < 4.78 is 14.9. The van der Waals surface area contributed by atoms with Crippen molar-refractivity contribution in [3.05, 3.63) is 60.8 Å². The summed E-state index contributed by atoms with van der Waals surface area (Å²) in [5.74, 6) is -0.881. The van der Waals surface area contributed by atoms with Crippen molar-refractivity contribution >= 4 is 61.7 Å². The fourth-order valence-corrected chi connectivity index (χ4v) is 2.48. The van der Waals surface area contributed by atoms with Crippen molar-refractivity contribution in [1.82, 2.24) is 0 Å². The molecule has 19 heavy (non-hydrogen) atoms. The summed E-state index contributed by atoms with van der Waals surface area (Å²) in [4.78, 5) is 12.1. The minimum Gasteiger partial charge on any atom is -0.322 e. The second kappa shape index (κ2) is 6.19. The third-order valence-electron chi connectivity index (χ3n) is 2.35. The number of carbonyl (C=O) groups is 1. The molecule has 0 saturated carbocycles. The Bertz CT molecular complexity index is 651. The summed E-state index contributed by atoms with van der Waals surface area (Å²) in [7, 11) is 0. The van der Waals surface area contributed by atoms with Crippen LogP contribution in [-0.4, -0.2) is 5.91 Å². The topological polar surface area (TPSA) is 29.1 Å². The molecule has 1 amide bonds. The maximum atomic E-state index is 13.3. The lowest BCUT2D eigenvalue weighted by Gasteiger charge is -2.08. The van der Waals surface area contributed by atoms with Crippen LogP contribution in [0.5, 0.6) is 0 Å². The van der Waals surface area contributed by atoms with Crippen LogP contribution in [0.2, 0.25) is 5.02 Å². The van der Waals surface area contributed by atoms with Gasteiger partial charge in [0, 0.05) is 13.7 Å². The van der Waals surface area contributed by atoms with Crippen LogP contribution in [0.15, 0.2) is 40.9 Å². The summed E-state index contributed by atoms with van der Waals surface area (Å²) in [6.45, 7) is 0. The van der Waals surface area contributed by atoms with Crippen LogP contribution in [0.3, 0.4) is 0 Å². The van der Waals surface area contributed by atoms with Crippen LogP contribution in [0.4, 0.5) is 10.1 Å². The molecule has 2 aromatic rings. The monoisotopic (exact) mass is 453 g/mol. The molecule has 0 spiro atoms. The molecule has 2 nitrogen and oxygen atoms in total. The van der Waals surface area contributed by atoms with E-state index in [1.54, 1.807) is 18.2 Å². The molecule has 98 valence electrons. The van der Waals surface area contributed by atoms with Gasteiger partial charge < -0.3 is 5.32 Å². The van der Waals surface area contributed by atoms with E-state index in [0.717, 1.165) is 3.57 Å². The molecule has 0 fully saturated rings. The number of hydrogen-bond acceptors (Lipinski definition) is 1. The van der Waals surface area contributed by atoms with E-state index in [4.69, 9.17) is 11.6 Å². The quantitative estimate of drug-likeness (QED) is 0.629. The number of amides is 1. The van der Waals surface area contributed by atoms with Gasteiger partial charge in [0.1, 0.15) is 5.82 Å². The third kappa shape index (κ3) is 3.67. The average molecular weight is 454 g/mol. The van der Waals surface area contributed by atoms with Gasteiger partial charge in [-0.2, -0.15) is 0 Å². The Balaban J connectivity index is 2.25. The van der Waals surface area contributed by atoms with E-state index < -0.39 is 5.82 Å². The molecule has 0 aliphatic rings. The van der Waals surface area contributed by atoms with E-state index in [1.807, 2.05) is 6.07 Å². The first-order chi connectivity index (χ1) is 8.97. The highest BCUT2D eigenvalue weighted by Crippen LogP contribution is 2.22. The van der Waals surface area contributed by atoms with Gasteiger partial charge in [-0.25, -0.2) is 4.39 Å². The van der Waals surface area contributed by atoms with E-state index in [1.165, 1.54) is 12.1 Å². The number of carbonyl (C=O) groups excluding carboxylic acids is 1. The zero-order valence-electron chi connectivity index (χ0n) is 9.38. The number of rotatable bonds is 2. The van der Waals surface area contributed by atoms with Gasteiger partial charge in [0.15, 0.2) is 0 Å². The molecular weight excluding hydrogens is 447 g/mol. The Morgan fingerprint density at radius 1 is 1.26 bits per heavy atom. The minimum atomic E-state index is -0.568. The highest BCUT2D eigenvalue weighted by molar-refractivity contribution is 14.1. The summed E-state index contributed by atoms with van der Waals surface area (Å²) >= 11 is 11.0. The maximum Gasteiger partial charge on any atom is 0.256 e. The second-order valence-electron chi connectivity index (χ2n) is 3.71. The first-order valence-electron chi connectivity index (χ1n) is 5.19. The molecule has 0 saturated heterocycles. The Labute approximate surface area is 136 Å². The van der Waals surface area contributed by atoms with Crippen LogP contribution in [0, 0.1) is 9.39 Å². The van der Waals surface area contributed by atoms with Crippen molar-refractivity contribution in [1.29, 1.82) is 0 Å². The fraction of sp³-hybridized carbons (Fsp3) is 0. The van der Waals surface area contributed by atoms with E-state index in [9.17, 15) is 9.18 Å². The first-order valence-corrected chi connectivity index (χ1v) is 7.44. The Hall–Kier alpha value is -0.660. The van der Waals surface area contributed by atoms with Gasteiger partial charge in [-0.15, -0.1) is 0 Å². The van der Waals surface area contributed by atoms with Crippen molar-refractivity contribution < 1.29 is 9.18 Å². The third-order valence-corrected chi connectivity index (χ3v) is 4.02. The summed E-state index contributed by atoms with van der Waals surface area (Å²) in [5.41, 5.74) is 0.847. The Morgan fingerprint density at radius 2 is 2.00 bits per heavy atom. The number of nitrogens with one attached hydrogen (secondary N) is 1. The highest BCUT2D eigenvalue weighted by Gasteiger charge is 2.11. The van der Waals surface area contributed by atoms with Crippen LogP contribution >= 0.6 is 50.1 Å². The SMILES string of the molecule is O=C(Nc1ccc(Cl)c(F)c1)c1cc(I)ccc1Br. The average Bonchev–Trinajstić information content (AvgIpc) is 2.36. The molecule has 0 bridgehead atoms. The zero-order chi connectivity index (χ0) is 14.0. The molecular formula is C13H7BrClFINO. The lowest BCUT2D eigenvalue weighted by Crippen LogP contribution is -2.13. The lowest BCUT2D eigenvalue weighted by molar-refractivity contribution is 0.102. The van der Waals surface area contributed by atoms with Gasteiger partial charge in [-0.3, -0.25) is 4.79 Å². The highest BCUT2D eigenvalue weighted by atomic mass is 127. The number of anilines is 1. The van der Waals surface area contributed by atoms with Crippen LogP contribution in [-0.2, 0) is 0 Å². The van der Waals surface area contributed by atoms with Crippen molar-refractivity contribution in [3.8, 4) is 0 Å². The number of halogens is 4. The number of benzene rings is 2. The van der Waals surface area contributed by atoms with Gasteiger partial charge in [0.2, 0.25) is 0 Å². The number of hydrogen-bond donors (Lipinski definition) is 1. The van der Waals surface area contributed by atoms with Gasteiger partial charge >= 0.3 is 0 Å². The molecule has 0 aliphatic heterocycles. The summed E-state index contributed by atoms with van der Waals surface area (Å²) in [5, 5.41) is 2.65. The van der Waals surface area contributed by atoms with Crippen LogP contribution < -0.4 is 5.32 Å². The fourth-order valence-electron chi connectivity index (χ4n) is 1.44. The molecule has 0 aliphatic carbocycles. The summed E-state index contributed by atoms with van der Waals surface area (Å²) in [6, 6.07) is 9.54. The molecule has 2 aromatic carbocycles. The second-order valence-corrected chi connectivity index (χ2v) is 6.21. The Kier molecular flexibility index (Phi) is 4.81. The normalized spacial score (nSPS) is 10.3. The smallest absolute Gasteiger partial charge is 0.256 e. The predicted octanol–water partition coefficient (Wildman–Crippen LogP) is 5.10. The van der Waals surface area contributed by atoms with Gasteiger partial charge in [-0.1, -0.05) is 11.6 Å². The lowest BCUT2D eigenvalue weighted by atomic mass is 10.2. The van der Waals surface area contributed by atoms with Crippen molar-refractivity contribution in [2.24, 2.45) is 0 Å². The minimum absolute atomic E-state index is 0.0217. The molecule has 6 heteroatoms. The van der Waals surface area contributed by atoms with Crippen LogP contribution in [0.25, 0.3) is 0 Å². The standard InChI is InChI=1S/C13H7BrClFINO/c14-10-3-1-7(17)5-9(10)13(19)18-8-2-4-11(15)12(16)6-8/h1-6H,(H,18,19). The molecule has 0 atom stereocenters. The largest absolute Gasteiger partial charge is 0.322 e. The zero-order valence-corrected chi connectivity index (χ0v) is 13.9. The first kappa shape index (κ1) is 14.7. The molecule has 0 radical (unpaired) electrons. The molecule has 2 rings (SSSR count). The van der Waals surface area contributed by atoms with Crippen molar-refractivity contribution in [2.45, 2.75) is 0 Å². The van der Waals surface area contributed by atoms with Crippen molar-refractivity contribution in [2.75, 3.05) is 5.32 Å². The van der Waals surface area contributed by atoms with E-state index in [2.05, 4.69) is 43.8 Å². The van der Waals surface area contributed by atoms with Gasteiger partial charge in [0.25, 0.3) is 5.91 Å². The van der Waals surface area contributed by atoms with E-state index in [-0.39, 0.29) is 10.9 Å². The van der Waals surface area contributed by atoms with Gasteiger partial charge in [0.05, 0.1) is 10.6 Å². The summed E-state index contributed by atoms with van der Waals surface area (Å²) in [6.07, 6.45) is 0. The predicted molar refractivity (Wildman–Crippen MR) is 86.2 cm³/mol. The molecule has 0 unspecified atom stereocenters. The molecule has 0 heterocycles. The maximum absolute atomic E-state index is 13.3. The van der Waals surface area contributed by atoms with E-state index >= 15 is 0 Å². The van der Waals surface area contributed by atoms with Crippen molar-refractivity contribution in [3.63, 3.8) is 0 Å². The van der Waals surface area contributed by atoms with Crippen LogP contribution in [0.1, 0.15) is 10.4 Å².